The van der Waals surface area contributed by atoms with E-state index in [4.69, 9.17) is 11.6 Å². The van der Waals surface area contributed by atoms with Gasteiger partial charge in [-0.1, -0.05) is 11.6 Å². The van der Waals surface area contributed by atoms with Crippen molar-refractivity contribution in [1.82, 2.24) is 10.2 Å². The molecule has 0 saturated carbocycles. The van der Waals surface area contributed by atoms with Crippen molar-refractivity contribution >= 4 is 28.8 Å². The molecule has 0 radical (unpaired) electrons. The number of rotatable bonds is 4. The maximum absolute atomic E-state index is 11.0. The Balaban J connectivity index is 1.83. The molecular formula is C17H20ClN5O2. The van der Waals surface area contributed by atoms with Crippen molar-refractivity contribution in [3.05, 3.63) is 51.2 Å². The molecule has 1 atom stereocenters. The second-order valence-electron chi connectivity index (χ2n) is 6.29. The Hall–Kier alpha value is -2.41. The molecule has 1 aromatic carbocycles. The maximum Gasteiger partial charge on any atom is 0.271 e. The third kappa shape index (κ3) is 3.66. The lowest BCUT2D eigenvalue weighted by Gasteiger charge is -2.39. The van der Waals surface area contributed by atoms with Crippen LogP contribution in [-0.2, 0) is 0 Å². The van der Waals surface area contributed by atoms with Gasteiger partial charge in [-0.15, -0.1) is 5.10 Å². The van der Waals surface area contributed by atoms with Crippen molar-refractivity contribution in [3.63, 3.8) is 0 Å². The second kappa shape index (κ2) is 7.23. The number of hydrogen-bond acceptors (Lipinski definition) is 6. The number of piperidine rings is 1. The molecule has 2 aromatic rings. The van der Waals surface area contributed by atoms with Gasteiger partial charge in [0.1, 0.15) is 0 Å². The summed E-state index contributed by atoms with van der Waals surface area (Å²) in [5.41, 5.74) is 1.67. The summed E-state index contributed by atoms with van der Waals surface area (Å²) < 4.78 is 0. The van der Waals surface area contributed by atoms with Crippen molar-refractivity contribution in [2.24, 2.45) is 0 Å². The Morgan fingerprint density at radius 3 is 2.88 bits per heavy atom. The van der Waals surface area contributed by atoms with Gasteiger partial charge in [0.15, 0.2) is 5.82 Å². The van der Waals surface area contributed by atoms with Gasteiger partial charge in [-0.3, -0.25) is 10.1 Å². The second-order valence-corrected chi connectivity index (χ2v) is 6.69. The molecule has 1 aliphatic rings. The molecule has 0 N–H and O–H groups in total. The Kier molecular flexibility index (Phi) is 5.03. The number of benzene rings is 1. The summed E-state index contributed by atoms with van der Waals surface area (Å²) in [5.74, 6) is 0.868. The lowest BCUT2D eigenvalue weighted by atomic mass is 10.0. The molecule has 0 aliphatic carbocycles. The number of nitrogens with zero attached hydrogens (tertiary/aromatic N) is 5. The molecule has 0 bridgehead atoms. The number of hydrogen-bond donors (Lipinski definition) is 0. The minimum atomic E-state index is -0.418. The quantitative estimate of drug-likeness (QED) is 0.613. The molecule has 0 spiro atoms. The molecule has 25 heavy (non-hydrogen) atoms. The normalized spacial score (nSPS) is 17.4. The summed E-state index contributed by atoms with van der Waals surface area (Å²) in [7, 11) is 1.99. The Bertz CT molecular complexity index is 748. The number of aryl methyl sites for hydroxylation is 1. The fraction of sp³-hybridized carbons (Fsp3) is 0.412. The number of non-ortho nitro benzene ring substituents is 1. The molecule has 132 valence electrons. The predicted molar refractivity (Wildman–Crippen MR) is 98.5 cm³/mol. The molecular weight excluding hydrogens is 342 g/mol. The van der Waals surface area contributed by atoms with Crippen LogP contribution in [0.15, 0.2) is 30.5 Å². The Labute approximate surface area is 151 Å². The molecule has 7 nitrogen and oxygen atoms in total. The first-order valence-corrected chi connectivity index (χ1v) is 8.55. The van der Waals surface area contributed by atoms with E-state index < -0.39 is 4.92 Å². The number of aromatic nitrogens is 2. The van der Waals surface area contributed by atoms with E-state index in [0.29, 0.717) is 5.02 Å². The summed E-state index contributed by atoms with van der Waals surface area (Å²) in [6.45, 7) is 3.60. The van der Waals surface area contributed by atoms with E-state index in [-0.39, 0.29) is 11.7 Å². The summed E-state index contributed by atoms with van der Waals surface area (Å²) in [6.07, 6.45) is 3.73. The van der Waals surface area contributed by atoms with E-state index >= 15 is 0 Å². The summed E-state index contributed by atoms with van der Waals surface area (Å²) in [4.78, 5) is 14.9. The number of likely N-dealkylation sites (N-methyl/N-ethyl adjacent to an activating group) is 1. The van der Waals surface area contributed by atoms with Crippen LogP contribution in [0.25, 0.3) is 0 Å². The zero-order valence-electron chi connectivity index (χ0n) is 14.2. The van der Waals surface area contributed by atoms with Crippen LogP contribution in [0.4, 0.5) is 17.2 Å². The summed E-state index contributed by atoms with van der Waals surface area (Å²) in [6, 6.07) is 7.07. The largest absolute Gasteiger partial charge is 0.368 e. The topological polar surface area (TPSA) is 75.4 Å². The highest BCUT2D eigenvalue weighted by atomic mass is 35.5. The average Bonchev–Trinajstić information content (AvgIpc) is 2.61. The van der Waals surface area contributed by atoms with Crippen molar-refractivity contribution < 1.29 is 4.92 Å². The van der Waals surface area contributed by atoms with Gasteiger partial charge in [-0.25, -0.2) is 0 Å². The highest BCUT2D eigenvalue weighted by molar-refractivity contribution is 6.33. The van der Waals surface area contributed by atoms with E-state index in [0.717, 1.165) is 43.0 Å². The molecule has 8 heteroatoms. The van der Waals surface area contributed by atoms with Gasteiger partial charge in [0, 0.05) is 44.5 Å². The van der Waals surface area contributed by atoms with E-state index in [2.05, 4.69) is 20.0 Å². The third-order valence-corrected chi connectivity index (χ3v) is 4.92. The van der Waals surface area contributed by atoms with Gasteiger partial charge in [0.05, 0.1) is 15.6 Å². The van der Waals surface area contributed by atoms with Crippen LogP contribution >= 0.6 is 11.6 Å². The van der Waals surface area contributed by atoms with E-state index in [1.165, 1.54) is 6.07 Å². The molecule has 1 aromatic heterocycles. The number of nitro benzene ring substituents is 1. The highest BCUT2D eigenvalue weighted by Crippen LogP contribution is 2.35. The maximum atomic E-state index is 11.0. The SMILES string of the molecule is Cc1cc([N+](=O)[O-])cc(Cl)c1N(C)C1CCCN(c2cccnn2)C1. The monoisotopic (exact) mass is 361 g/mol. The minimum Gasteiger partial charge on any atom is -0.368 e. The van der Waals surface area contributed by atoms with Gasteiger partial charge in [0.25, 0.3) is 5.69 Å². The fourth-order valence-electron chi connectivity index (χ4n) is 3.39. The van der Waals surface area contributed by atoms with Gasteiger partial charge in [-0.2, -0.15) is 5.10 Å². The van der Waals surface area contributed by atoms with Crippen molar-refractivity contribution in [2.75, 3.05) is 29.9 Å². The standard InChI is InChI=1S/C17H20ClN5O2/c1-12-9-14(23(24)25)10-15(18)17(12)21(2)13-5-4-8-22(11-13)16-6-3-7-19-20-16/h3,6-7,9-10,13H,4-5,8,11H2,1-2H3. The first-order chi connectivity index (χ1) is 12.0. The first-order valence-electron chi connectivity index (χ1n) is 8.17. The molecule has 1 aliphatic heterocycles. The Morgan fingerprint density at radius 1 is 1.44 bits per heavy atom. The number of halogens is 1. The highest BCUT2D eigenvalue weighted by Gasteiger charge is 2.27. The molecule has 1 saturated heterocycles. The zero-order valence-corrected chi connectivity index (χ0v) is 15.0. The minimum absolute atomic E-state index is 0.0180. The molecule has 1 fully saturated rings. The summed E-state index contributed by atoms with van der Waals surface area (Å²) >= 11 is 6.36. The van der Waals surface area contributed by atoms with Crippen molar-refractivity contribution in [1.29, 1.82) is 0 Å². The van der Waals surface area contributed by atoms with E-state index in [9.17, 15) is 10.1 Å². The van der Waals surface area contributed by atoms with Crippen LogP contribution in [0, 0.1) is 17.0 Å². The molecule has 3 rings (SSSR count). The number of nitro groups is 1. The predicted octanol–water partition coefficient (Wildman–Crippen LogP) is 3.45. The van der Waals surface area contributed by atoms with Gasteiger partial charge in [0.2, 0.25) is 0 Å². The lowest BCUT2D eigenvalue weighted by molar-refractivity contribution is -0.384. The smallest absolute Gasteiger partial charge is 0.271 e. The van der Waals surface area contributed by atoms with Crippen molar-refractivity contribution in [2.45, 2.75) is 25.8 Å². The van der Waals surface area contributed by atoms with E-state index in [1.807, 2.05) is 26.1 Å². The lowest BCUT2D eigenvalue weighted by Crippen LogP contribution is -2.47. The first kappa shape index (κ1) is 17.4. The van der Waals surface area contributed by atoms with Gasteiger partial charge in [-0.05, 0) is 37.5 Å². The average molecular weight is 362 g/mol. The summed E-state index contributed by atoms with van der Waals surface area (Å²) in [5, 5.41) is 19.6. The molecule has 1 unspecified atom stereocenters. The van der Waals surface area contributed by atoms with Crippen molar-refractivity contribution in [3.8, 4) is 0 Å². The molecule has 2 heterocycles. The van der Waals surface area contributed by atoms with Gasteiger partial charge < -0.3 is 9.80 Å². The van der Waals surface area contributed by atoms with Gasteiger partial charge >= 0.3 is 0 Å². The van der Waals surface area contributed by atoms with Crippen LogP contribution in [0.1, 0.15) is 18.4 Å². The molecule has 0 amide bonds. The van der Waals surface area contributed by atoms with Crippen LogP contribution in [0.5, 0.6) is 0 Å². The van der Waals surface area contributed by atoms with E-state index in [1.54, 1.807) is 12.3 Å². The van der Waals surface area contributed by atoms with Crippen LogP contribution in [-0.4, -0.2) is 41.3 Å². The number of anilines is 2. The van der Waals surface area contributed by atoms with Crippen LogP contribution < -0.4 is 9.80 Å². The Morgan fingerprint density at radius 2 is 2.24 bits per heavy atom. The fourth-order valence-corrected chi connectivity index (χ4v) is 3.79. The van der Waals surface area contributed by atoms with Crippen LogP contribution in [0.3, 0.4) is 0 Å². The van der Waals surface area contributed by atoms with Crippen LogP contribution in [0.2, 0.25) is 5.02 Å². The zero-order chi connectivity index (χ0) is 18.0. The third-order valence-electron chi connectivity index (χ3n) is 4.63.